The molecule has 1 aliphatic rings. The zero-order chi connectivity index (χ0) is 13.3. The minimum absolute atomic E-state index is 0.289. The summed E-state index contributed by atoms with van der Waals surface area (Å²) in [6.45, 7) is 5.01. The molecule has 1 heterocycles. The molecule has 3 atom stereocenters. The lowest BCUT2D eigenvalue weighted by Crippen LogP contribution is -2.43. The number of β-amino-alcohol motifs (C(OH)–C–C–N with tert-alkyl or cyclic N) is 1. The fourth-order valence-corrected chi connectivity index (χ4v) is 2.42. The number of aliphatic hydroxyl groups is 2. The summed E-state index contributed by atoms with van der Waals surface area (Å²) >= 11 is 0. The van der Waals surface area contributed by atoms with E-state index in [1.54, 1.807) is 13.0 Å². The predicted octanol–water partition coefficient (Wildman–Crippen LogP) is 2.09. The molecule has 1 saturated heterocycles. The van der Waals surface area contributed by atoms with Gasteiger partial charge in [0.1, 0.15) is 5.82 Å². The van der Waals surface area contributed by atoms with Gasteiger partial charge in [0.25, 0.3) is 0 Å². The van der Waals surface area contributed by atoms with Crippen LogP contribution in [-0.4, -0.2) is 29.4 Å². The Labute approximate surface area is 107 Å². The van der Waals surface area contributed by atoms with Gasteiger partial charge in [-0.2, -0.15) is 0 Å². The smallest absolute Gasteiger partial charge is 0.123 e. The first-order chi connectivity index (χ1) is 8.49. The molecule has 2 unspecified atom stereocenters. The van der Waals surface area contributed by atoms with Crippen LogP contribution in [0, 0.1) is 11.7 Å². The summed E-state index contributed by atoms with van der Waals surface area (Å²) in [5, 5.41) is 19.6. The molecule has 4 heteroatoms. The normalized spacial score (nSPS) is 26.2. The third-order valence-electron chi connectivity index (χ3n) is 3.70. The Balaban J connectivity index is 2.28. The van der Waals surface area contributed by atoms with Crippen LogP contribution >= 0.6 is 0 Å². The summed E-state index contributed by atoms with van der Waals surface area (Å²) in [6.07, 6.45) is -0.185. The molecule has 2 rings (SSSR count). The molecule has 1 fully saturated rings. The molecular formula is C14H20FNO2. The van der Waals surface area contributed by atoms with Crippen LogP contribution in [0.15, 0.2) is 18.2 Å². The first-order valence-corrected chi connectivity index (χ1v) is 6.39. The Morgan fingerprint density at radius 3 is 2.78 bits per heavy atom. The molecule has 0 spiro atoms. The highest BCUT2D eigenvalue weighted by atomic mass is 19.1. The molecule has 1 aliphatic heterocycles. The maximum atomic E-state index is 13.2. The van der Waals surface area contributed by atoms with Crippen molar-refractivity contribution in [2.75, 3.05) is 18.0 Å². The van der Waals surface area contributed by atoms with Crippen molar-refractivity contribution in [1.82, 2.24) is 0 Å². The molecule has 0 radical (unpaired) electrons. The SMILES string of the molecule is CC1CCN(c2ccc(F)cc2[C@H](C)O)CC1O. The lowest BCUT2D eigenvalue weighted by molar-refractivity contribution is 0.102. The van der Waals surface area contributed by atoms with Crippen LogP contribution in [0.3, 0.4) is 0 Å². The molecule has 100 valence electrons. The van der Waals surface area contributed by atoms with Gasteiger partial charge in [-0.25, -0.2) is 4.39 Å². The number of hydrogen-bond donors (Lipinski definition) is 2. The second-order valence-electron chi connectivity index (χ2n) is 5.16. The number of anilines is 1. The molecule has 1 aromatic rings. The average molecular weight is 253 g/mol. The molecule has 2 N–H and O–H groups in total. The van der Waals surface area contributed by atoms with E-state index in [1.807, 2.05) is 11.8 Å². The lowest BCUT2D eigenvalue weighted by atomic mass is 9.94. The van der Waals surface area contributed by atoms with Gasteiger partial charge in [-0.3, -0.25) is 0 Å². The van der Waals surface area contributed by atoms with E-state index in [2.05, 4.69) is 0 Å². The minimum Gasteiger partial charge on any atom is -0.391 e. The summed E-state index contributed by atoms with van der Waals surface area (Å²) in [4.78, 5) is 2.02. The minimum atomic E-state index is -0.716. The molecule has 1 aromatic carbocycles. The largest absolute Gasteiger partial charge is 0.391 e. The molecule has 18 heavy (non-hydrogen) atoms. The summed E-state index contributed by atoms with van der Waals surface area (Å²) in [5.41, 5.74) is 1.40. The fraction of sp³-hybridized carbons (Fsp3) is 0.571. The van der Waals surface area contributed by atoms with E-state index in [9.17, 15) is 14.6 Å². The number of rotatable bonds is 2. The van der Waals surface area contributed by atoms with Crippen LogP contribution < -0.4 is 4.90 Å². The molecule has 0 amide bonds. The summed E-state index contributed by atoms with van der Waals surface area (Å²) < 4.78 is 13.2. The van der Waals surface area contributed by atoms with Gasteiger partial charge in [0.2, 0.25) is 0 Å². The van der Waals surface area contributed by atoms with Crippen molar-refractivity contribution >= 4 is 5.69 Å². The highest BCUT2D eigenvalue weighted by molar-refractivity contribution is 5.55. The third kappa shape index (κ3) is 2.65. The van der Waals surface area contributed by atoms with Gasteiger partial charge in [0, 0.05) is 24.3 Å². The zero-order valence-electron chi connectivity index (χ0n) is 10.8. The molecule has 3 nitrogen and oxygen atoms in total. The van der Waals surface area contributed by atoms with Gasteiger partial charge >= 0.3 is 0 Å². The van der Waals surface area contributed by atoms with Gasteiger partial charge in [-0.05, 0) is 37.5 Å². The summed E-state index contributed by atoms with van der Waals surface area (Å²) in [6, 6.07) is 4.44. The van der Waals surface area contributed by atoms with Gasteiger partial charge in [-0.1, -0.05) is 6.92 Å². The van der Waals surface area contributed by atoms with Gasteiger partial charge < -0.3 is 15.1 Å². The van der Waals surface area contributed by atoms with Crippen molar-refractivity contribution in [3.63, 3.8) is 0 Å². The van der Waals surface area contributed by atoms with E-state index < -0.39 is 6.10 Å². The van der Waals surface area contributed by atoms with Crippen LogP contribution in [0.1, 0.15) is 31.9 Å². The molecule has 0 aliphatic carbocycles. The van der Waals surface area contributed by atoms with Crippen molar-refractivity contribution in [3.8, 4) is 0 Å². The van der Waals surface area contributed by atoms with Crippen molar-refractivity contribution in [1.29, 1.82) is 0 Å². The van der Waals surface area contributed by atoms with Crippen molar-refractivity contribution < 1.29 is 14.6 Å². The van der Waals surface area contributed by atoms with Crippen LogP contribution in [0.25, 0.3) is 0 Å². The summed E-state index contributed by atoms with van der Waals surface area (Å²) in [5.74, 6) is -0.0581. The van der Waals surface area contributed by atoms with E-state index in [4.69, 9.17) is 0 Å². The average Bonchev–Trinajstić information content (AvgIpc) is 2.32. The second-order valence-corrected chi connectivity index (χ2v) is 5.16. The second kappa shape index (κ2) is 5.24. The van der Waals surface area contributed by atoms with E-state index in [1.165, 1.54) is 12.1 Å². The number of hydrogen-bond acceptors (Lipinski definition) is 3. The summed E-state index contributed by atoms with van der Waals surface area (Å²) in [7, 11) is 0. The third-order valence-corrected chi connectivity index (χ3v) is 3.70. The lowest BCUT2D eigenvalue weighted by Gasteiger charge is -2.37. The zero-order valence-corrected chi connectivity index (χ0v) is 10.8. The van der Waals surface area contributed by atoms with Crippen LogP contribution in [0.5, 0.6) is 0 Å². The predicted molar refractivity (Wildman–Crippen MR) is 69.0 cm³/mol. The molecular weight excluding hydrogens is 233 g/mol. The van der Waals surface area contributed by atoms with Crippen LogP contribution in [0.4, 0.5) is 10.1 Å². The van der Waals surface area contributed by atoms with Crippen LogP contribution in [-0.2, 0) is 0 Å². The Hall–Kier alpha value is -1.13. The Morgan fingerprint density at radius 1 is 1.44 bits per heavy atom. The van der Waals surface area contributed by atoms with Gasteiger partial charge in [-0.15, -0.1) is 0 Å². The topological polar surface area (TPSA) is 43.7 Å². The first-order valence-electron chi connectivity index (χ1n) is 6.39. The van der Waals surface area contributed by atoms with E-state index in [0.29, 0.717) is 12.1 Å². The van der Waals surface area contributed by atoms with Crippen molar-refractivity contribution in [3.05, 3.63) is 29.6 Å². The van der Waals surface area contributed by atoms with E-state index in [-0.39, 0.29) is 17.8 Å². The standard InChI is InChI=1S/C14H20FNO2/c1-9-5-6-16(8-14(9)18)13-4-3-11(15)7-12(13)10(2)17/h3-4,7,9-10,14,17-18H,5-6,8H2,1-2H3/t9?,10-,14?/m0/s1. The number of aliphatic hydroxyl groups excluding tert-OH is 2. The van der Waals surface area contributed by atoms with E-state index in [0.717, 1.165) is 18.7 Å². The van der Waals surface area contributed by atoms with Gasteiger partial charge in [0.05, 0.1) is 12.2 Å². The molecule has 0 aromatic heterocycles. The Morgan fingerprint density at radius 2 is 2.17 bits per heavy atom. The molecule has 0 saturated carbocycles. The number of nitrogens with zero attached hydrogens (tertiary/aromatic N) is 1. The maximum Gasteiger partial charge on any atom is 0.123 e. The fourth-order valence-electron chi connectivity index (χ4n) is 2.42. The Bertz CT molecular complexity index is 422. The number of benzene rings is 1. The monoisotopic (exact) mass is 253 g/mol. The van der Waals surface area contributed by atoms with Crippen LogP contribution in [0.2, 0.25) is 0 Å². The maximum absolute atomic E-state index is 13.2. The molecule has 0 bridgehead atoms. The first kappa shape index (κ1) is 13.3. The highest BCUT2D eigenvalue weighted by Gasteiger charge is 2.26. The van der Waals surface area contributed by atoms with Crippen molar-refractivity contribution in [2.24, 2.45) is 5.92 Å². The van der Waals surface area contributed by atoms with Gasteiger partial charge in [0.15, 0.2) is 0 Å². The highest BCUT2D eigenvalue weighted by Crippen LogP contribution is 2.30. The quantitative estimate of drug-likeness (QED) is 0.848. The van der Waals surface area contributed by atoms with E-state index >= 15 is 0 Å². The van der Waals surface area contributed by atoms with Crippen molar-refractivity contribution in [2.45, 2.75) is 32.5 Å². The number of halogens is 1. The number of piperidine rings is 1. The Kier molecular flexibility index (Phi) is 3.88.